The van der Waals surface area contributed by atoms with Gasteiger partial charge in [-0.25, -0.2) is 0 Å². The Balaban J connectivity index is 1.34. The summed E-state index contributed by atoms with van der Waals surface area (Å²) in [7, 11) is 3.43. The first-order chi connectivity index (χ1) is 16.2. The minimum Gasteiger partial charge on any atom is -0.496 e. The zero-order chi connectivity index (χ0) is 24.3. The molecule has 1 atom stereocenters. The minimum atomic E-state index is -0.173. The highest BCUT2D eigenvalue weighted by Gasteiger charge is 2.62. The lowest BCUT2D eigenvalue weighted by Crippen LogP contribution is -2.38. The highest BCUT2D eigenvalue weighted by atomic mass is 16.5. The largest absolute Gasteiger partial charge is 0.496 e. The molecule has 178 valence electrons. The number of anilines is 1. The number of amides is 2. The van der Waals surface area contributed by atoms with Gasteiger partial charge in [-0.1, -0.05) is 62.4 Å². The van der Waals surface area contributed by atoms with E-state index < -0.39 is 0 Å². The summed E-state index contributed by atoms with van der Waals surface area (Å²) in [6.45, 7) is 5.29. The van der Waals surface area contributed by atoms with Gasteiger partial charge >= 0.3 is 0 Å². The summed E-state index contributed by atoms with van der Waals surface area (Å²) in [4.78, 5) is 27.2. The van der Waals surface area contributed by atoms with Crippen molar-refractivity contribution < 1.29 is 14.3 Å². The molecule has 0 aliphatic heterocycles. The van der Waals surface area contributed by atoms with Crippen molar-refractivity contribution in [2.75, 3.05) is 26.0 Å². The molecule has 1 aliphatic carbocycles. The molecule has 1 N–H and O–H groups in total. The van der Waals surface area contributed by atoms with Gasteiger partial charge in [0.1, 0.15) is 12.3 Å². The zero-order valence-electron chi connectivity index (χ0n) is 20.2. The zero-order valence-corrected chi connectivity index (χ0v) is 20.2. The third kappa shape index (κ3) is 4.83. The predicted molar refractivity (Wildman–Crippen MR) is 132 cm³/mol. The summed E-state index contributed by atoms with van der Waals surface area (Å²) in [5.74, 6) is 0.482. The third-order valence-corrected chi connectivity index (χ3v) is 6.93. The number of carbonyl (C=O) groups excluding carboxylic acids is 2. The maximum atomic E-state index is 13.0. The number of hydrogen-bond donors (Lipinski definition) is 1. The molecule has 2 aromatic carbocycles. The van der Waals surface area contributed by atoms with Crippen LogP contribution in [0.2, 0.25) is 0 Å². The van der Waals surface area contributed by atoms with E-state index in [2.05, 4.69) is 48.5 Å². The van der Waals surface area contributed by atoms with E-state index in [0.29, 0.717) is 18.0 Å². The van der Waals surface area contributed by atoms with Gasteiger partial charge in [-0.05, 0) is 23.5 Å². The van der Waals surface area contributed by atoms with E-state index in [0.717, 1.165) is 12.0 Å². The highest BCUT2D eigenvalue weighted by Crippen LogP contribution is 2.64. The summed E-state index contributed by atoms with van der Waals surface area (Å²) in [5.41, 5.74) is 2.76. The lowest BCUT2D eigenvalue weighted by Gasteiger charge is -2.27. The van der Waals surface area contributed by atoms with Crippen molar-refractivity contribution in [2.45, 2.75) is 38.6 Å². The van der Waals surface area contributed by atoms with Crippen LogP contribution < -0.4 is 10.1 Å². The van der Waals surface area contributed by atoms with E-state index in [1.807, 2.05) is 37.4 Å². The van der Waals surface area contributed by atoms with Crippen LogP contribution in [0.1, 0.15) is 31.4 Å². The quantitative estimate of drug-likeness (QED) is 0.526. The Morgan fingerprint density at radius 3 is 2.47 bits per heavy atom. The normalized spacial score (nSPS) is 18.2. The van der Waals surface area contributed by atoms with Gasteiger partial charge in [0, 0.05) is 30.8 Å². The molecular weight excluding hydrogens is 428 g/mol. The minimum absolute atomic E-state index is 0.0204. The number of benzene rings is 2. The first kappa shape index (κ1) is 23.5. The number of nitrogens with one attached hydrogen (secondary N) is 1. The monoisotopic (exact) mass is 460 g/mol. The van der Waals surface area contributed by atoms with E-state index in [4.69, 9.17) is 4.74 Å². The fourth-order valence-electron chi connectivity index (χ4n) is 4.82. The van der Waals surface area contributed by atoms with Crippen LogP contribution in [-0.4, -0.2) is 47.2 Å². The van der Waals surface area contributed by atoms with Gasteiger partial charge in [0.15, 0.2) is 0 Å². The number of aromatic nitrogens is 2. The smallest absolute Gasteiger partial charge is 0.244 e. The summed E-state index contributed by atoms with van der Waals surface area (Å²) < 4.78 is 6.87. The molecule has 0 spiro atoms. The van der Waals surface area contributed by atoms with Gasteiger partial charge in [-0.3, -0.25) is 14.3 Å². The summed E-state index contributed by atoms with van der Waals surface area (Å²) in [6.07, 6.45) is 4.47. The molecule has 2 amide bonds. The van der Waals surface area contributed by atoms with E-state index >= 15 is 0 Å². The second kappa shape index (κ2) is 9.33. The lowest BCUT2D eigenvalue weighted by atomic mass is 9.87. The van der Waals surface area contributed by atoms with Crippen LogP contribution in [0.5, 0.6) is 5.75 Å². The highest BCUT2D eigenvalue weighted by molar-refractivity contribution is 5.92. The molecule has 1 heterocycles. The molecule has 7 nitrogen and oxygen atoms in total. The van der Waals surface area contributed by atoms with Crippen LogP contribution in [0.15, 0.2) is 67.0 Å². The fourth-order valence-corrected chi connectivity index (χ4v) is 4.82. The van der Waals surface area contributed by atoms with Gasteiger partial charge in [0.05, 0.1) is 25.4 Å². The molecule has 0 saturated heterocycles. The van der Waals surface area contributed by atoms with Crippen molar-refractivity contribution in [1.82, 2.24) is 14.7 Å². The molecule has 7 heteroatoms. The molecule has 1 saturated carbocycles. The number of para-hydroxylation sites is 1. The maximum Gasteiger partial charge on any atom is 0.244 e. The van der Waals surface area contributed by atoms with Crippen LogP contribution in [0.4, 0.5) is 5.69 Å². The van der Waals surface area contributed by atoms with Crippen molar-refractivity contribution in [3.8, 4) is 5.75 Å². The van der Waals surface area contributed by atoms with Crippen molar-refractivity contribution in [3.63, 3.8) is 0 Å². The molecule has 1 aliphatic rings. The number of carbonyl (C=O) groups is 2. The van der Waals surface area contributed by atoms with Crippen molar-refractivity contribution in [1.29, 1.82) is 0 Å². The fraction of sp³-hybridized carbons (Fsp3) is 0.370. The van der Waals surface area contributed by atoms with Crippen LogP contribution in [-0.2, 0) is 28.0 Å². The Morgan fingerprint density at radius 2 is 1.79 bits per heavy atom. The second-order valence-electron chi connectivity index (χ2n) is 9.72. The SMILES string of the molecule is COc1ccccc1CC(=O)Nc1cnn(CC(=O)N(C)C[C@@]2(c3ccccc3)CC2(C)C)c1. The Bertz CT molecular complexity index is 1170. The predicted octanol–water partition coefficient (Wildman–Crippen LogP) is 3.90. The van der Waals surface area contributed by atoms with Crippen LogP contribution in [0, 0.1) is 5.41 Å². The summed E-state index contributed by atoms with van der Waals surface area (Å²) in [5, 5.41) is 7.10. The van der Waals surface area contributed by atoms with Gasteiger partial charge < -0.3 is 15.0 Å². The lowest BCUT2D eigenvalue weighted by molar-refractivity contribution is -0.131. The van der Waals surface area contributed by atoms with Gasteiger partial charge in [-0.2, -0.15) is 5.10 Å². The molecule has 0 unspecified atom stereocenters. The first-order valence-corrected chi connectivity index (χ1v) is 11.5. The average Bonchev–Trinajstić information content (AvgIpc) is 3.12. The standard InChI is InChI=1S/C27H32N4O3/c1-26(2)18-27(26,21-11-6-5-7-12-21)19-30(3)25(33)17-31-16-22(15-28-31)29-24(32)14-20-10-8-9-13-23(20)34-4/h5-13,15-16H,14,17-19H2,1-4H3,(H,29,32)/t27-/m1/s1. The average molecular weight is 461 g/mol. The number of nitrogens with zero attached hydrogens (tertiary/aromatic N) is 3. The Morgan fingerprint density at radius 1 is 1.12 bits per heavy atom. The second-order valence-corrected chi connectivity index (χ2v) is 9.72. The molecule has 4 rings (SSSR count). The molecule has 34 heavy (non-hydrogen) atoms. The maximum absolute atomic E-state index is 13.0. The van der Waals surface area contributed by atoms with Gasteiger partial charge in [0.25, 0.3) is 0 Å². The van der Waals surface area contributed by atoms with Crippen LogP contribution >= 0.6 is 0 Å². The van der Waals surface area contributed by atoms with E-state index in [-0.39, 0.29) is 35.6 Å². The van der Waals surface area contributed by atoms with E-state index in [9.17, 15) is 9.59 Å². The van der Waals surface area contributed by atoms with E-state index in [1.54, 1.807) is 29.1 Å². The molecule has 1 aromatic heterocycles. The molecule has 0 bridgehead atoms. The molecule has 1 fully saturated rings. The Kier molecular flexibility index (Phi) is 6.46. The van der Waals surface area contributed by atoms with Gasteiger partial charge in [0.2, 0.25) is 11.8 Å². The number of rotatable bonds is 9. The van der Waals surface area contributed by atoms with Crippen molar-refractivity contribution in [2.24, 2.45) is 5.41 Å². The van der Waals surface area contributed by atoms with E-state index in [1.165, 1.54) is 5.56 Å². The van der Waals surface area contributed by atoms with Crippen molar-refractivity contribution in [3.05, 3.63) is 78.1 Å². The molecule has 3 aromatic rings. The summed E-state index contributed by atoms with van der Waals surface area (Å²) >= 11 is 0. The molecule has 0 radical (unpaired) electrons. The third-order valence-electron chi connectivity index (χ3n) is 6.93. The Labute approximate surface area is 200 Å². The Hall–Kier alpha value is -3.61. The van der Waals surface area contributed by atoms with Crippen LogP contribution in [0.3, 0.4) is 0 Å². The number of likely N-dealkylation sites (N-methyl/N-ethyl adjacent to an activating group) is 1. The number of methoxy groups -OCH3 is 1. The number of ether oxygens (including phenoxy) is 1. The summed E-state index contributed by atoms with van der Waals surface area (Å²) in [6, 6.07) is 17.9. The topological polar surface area (TPSA) is 76.5 Å². The van der Waals surface area contributed by atoms with Gasteiger partial charge in [-0.15, -0.1) is 0 Å². The number of hydrogen-bond acceptors (Lipinski definition) is 4. The van der Waals surface area contributed by atoms with Crippen LogP contribution in [0.25, 0.3) is 0 Å². The first-order valence-electron chi connectivity index (χ1n) is 11.5. The van der Waals surface area contributed by atoms with Crippen molar-refractivity contribution >= 4 is 17.5 Å². The molecular formula is C27H32N4O3.